The van der Waals surface area contributed by atoms with Crippen LogP contribution in [0.15, 0.2) is 48.5 Å². The summed E-state index contributed by atoms with van der Waals surface area (Å²) in [5.41, 5.74) is 1.72. The van der Waals surface area contributed by atoms with Crippen LogP contribution < -0.4 is 0 Å². The van der Waals surface area contributed by atoms with Crippen LogP contribution in [0.3, 0.4) is 0 Å². The highest BCUT2D eigenvalue weighted by molar-refractivity contribution is 5.78. The fourth-order valence-corrected chi connectivity index (χ4v) is 2.14. The Morgan fingerprint density at radius 3 is 2.52 bits per heavy atom. The maximum atomic E-state index is 14.3. The van der Waals surface area contributed by atoms with Crippen LogP contribution in [0, 0.1) is 5.82 Å². The van der Waals surface area contributed by atoms with Crippen molar-refractivity contribution in [2.24, 2.45) is 0 Å². The molecule has 0 spiro atoms. The van der Waals surface area contributed by atoms with E-state index in [4.69, 9.17) is 9.84 Å². The summed E-state index contributed by atoms with van der Waals surface area (Å²) in [6.45, 7) is 0.830. The number of hydrogen-bond donors (Lipinski definition) is 2. The third kappa shape index (κ3) is 4.37. The van der Waals surface area contributed by atoms with Gasteiger partial charge in [-0.1, -0.05) is 42.5 Å². The van der Waals surface area contributed by atoms with Crippen molar-refractivity contribution in [2.75, 3.05) is 13.2 Å². The molecular weight excluding hydrogens is 299 g/mol. The normalized spacial score (nSPS) is 13.4. The van der Waals surface area contributed by atoms with Gasteiger partial charge in [0, 0.05) is 5.56 Å². The van der Waals surface area contributed by atoms with Crippen molar-refractivity contribution in [1.29, 1.82) is 0 Å². The molecule has 0 saturated heterocycles. The van der Waals surface area contributed by atoms with Gasteiger partial charge in [-0.15, -0.1) is 0 Å². The summed E-state index contributed by atoms with van der Waals surface area (Å²) in [5.74, 6) is -1.66. The number of halogens is 1. The van der Waals surface area contributed by atoms with Gasteiger partial charge in [0.05, 0.1) is 12.5 Å². The Labute approximate surface area is 134 Å². The Balaban J connectivity index is 2.12. The van der Waals surface area contributed by atoms with Gasteiger partial charge in [-0.3, -0.25) is 4.79 Å². The lowest BCUT2D eigenvalue weighted by molar-refractivity contribution is -0.148. The molecule has 2 N–H and O–H groups in total. The van der Waals surface area contributed by atoms with Gasteiger partial charge < -0.3 is 14.9 Å². The van der Waals surface area contributed by atoms with E-state index in [1.54, 1.807) is 19.1 Å². The summed E-state index contributed by atoms with van der Waals surface area (Å²) < 4.78 is 19.2. The second kappa shape index (κ2) is 7.85. The first kappa shape index (κ1) is 17.1. The predicted octanol–water partition coefficient (Wildman–Crippen LogP) is 2.49. The summed E-state index contributed by atoms with van der Waals surface area (Å²) in [6, 6.07) is 13.8. The summed E-state index contributed by atoms with van der Waals surface area (Å²) in [6.07, 6.45) is -1.11. The van der Waals surface area contributed by atoms with Crippen LogP contribution in [0.25, 0.3) is 11.1 Å². The van der Waals surface area contributed by atoms with E-state index in [0.717, 1.165) is 5.56 Å². The van der Waals surface area contributed by atoms with Crippen molar-refractivity contribution in [2.45, 2.75) is 18.9 Å². The number of aliphatic hydroxyl groups excluding tert-OH is 2. The third-order valence-corrected chi connectivity index (χ3v) is 3.56. The minimum Gasteiger partial charge on any atom is -0.462 e. The van der Waals surface area contributed by atoms with Crippen LogP contribution in [0.4, 0.5) is 4.39 Å². The van der Waals surface area contributed by atoms with E-state index < -0.39 is 30.4 Å². The molecule has 2 atom stereocenters. The van der Waals surface area contributed by atoms with Crippen molar-refractivity contribution in [3.63, 3.8) is 0 Å². The molecule has 0 radical (unpaired) electrons. The summed E-state index contributed by atoms with van der Waals surface area (Å²) >= 11 is 0. The van der Waals surface area contributed by atoms with Crippen LogP contribution in [0.2, 0.25) is 0 Å². The Morgan fingerprint density at radius 1 is 1.22 bits per heavy atom. The lowest BCUT2D eigenvalue weighted by Gasteiger charge is -2.14. The van der Waals surface area contributed by atoms with Crippen molar-refractivity contribution in [3.05, 3.63) is 59.9 Å². The molecule has 2 rings (SSSR count). The molecule has 0 aliphatic rings. The minimum absolute atomic E-state index is 0.287. The molecule has 1 unspecified atom stereocenters. The van der Waals surface area contributed by atoms with E-state index in [9.17, 15) is 14.3 Å². The number of carbonyl (C=O) groups is 1. The quantitative estimate of drug-likeness (QED) is 0.803. The zero-order valence-electron chi connectivity index (χ0n) is 12.8. The molecule has 0 amide bonds. The lowest BCUT2D eigenvalue weighted by Crippen LogP contribution is -2.24. The Hall–Kier alpha value is -2.24. The minimum atomic E-state index is -1.11. The fraction of sp³-hybridized carbons (Fsp3) is 0.278. The highest BCUT2D eigenvalue weighted by Gasteiger charge is 2.19. The Kier molecular flexibility index (Phi) is 5.84. The summed E-state index contributed by atoms with van der Waals surface area (Å²) in [4.78, 5) is 11.9. The molecule has 0 fully saturated rings. The van der Waals surface area contributed by atoms with E-state index in [0.29, 0.717) is 11.1 Å². The van der Waals surface area contributed by atoms with Gasteiger partial charge >= 0.3 is 5.97 Å². The van der Waals surface area contributed by atoms with Crippen molar-refractivity contribution < 1.29 is 24.1 Å². The first-order chi connectivity index (χ1) is 11.0. The van der Waals surface area contributed by atoms with Crippen molar-refractivity contribution >= 4 is 5.97 Å². The molecule has 5 heteroatoms. The molecule has 23 heavy (non-hydrogen) atoms. The number of carbonyl (C=O) groups excluding carboxylic acids is 1. The predicted molar refractivity (Wildman–Crippen MR) is 84.3 cm³/mol. The van der Waals surface area contributed by atoms with E-state index in [-0.39, 0.29) is 6.61 Å². The average molecular weight is 318 g/mol. The van der Waals surface area contributed by atoms with Gasteiger partial charge in [0.15, 0.2) is 0 Å². The van der Waals surface area contributed by atoms with E-state index in [1.165, 1.54) is 6.07 Å². The molecular formula is C18H19FO4. The first-order valence-electron chi connectivity index (χ1n) is 7.33. The monoisotopic (exact) mass is 318 g/mol. The number of aliphatic hydroxyl groups is 2. The lowest BCUT2D eigenvalue weighted by atomic mass is 9.97. The molecule has 0 aliphatic heterocycles. The highest BCUT2D eigenvalue weighted by atomic mass is 19.1. The average Bonchev–Trinajstić information content (AvgIpc) is 2.59. The maximum absolute atomic E-state index is 14.3. The number of rotatable bonds is 6. The molecule has 2 aromatic carbocycles. The topological polar surface area (TPSA) is 66.8 Å². The number of benzene rings is 2. The largest absolute Gasteiger partial charge is 0.462 e. The molecule has 122 valence electrons. The van der Waals surface area contributed by atoms with E-state index in [2.05, 4.69) is 0 Å². The number of ether oxygens (including phenoxy) is 1. The van der Waals surface area contributed by atoms with E-state index in [1.807, 2.05) is 30.3 Å². The van der Waals surface area contributed by atoms with Crippen LogP contribution in [0.5, 0.6) is 0 Å². The zero-order valence-corrected chi connectivity index (χ0v) is 12.8. The van der Waals surface area contributed by atoms with Gasteiger partial charge in [-0.25, -0.2) is 4.39 Å². The van der Waals surface area contributed by atoms with E-state index >= 15 is 0 Å². The van der Waals surface area contributed by atoms with Gasteiger partial charge in [-0.05, 0) is 24.1 Å². The van der Waals surface area contributed by atoms with Gasteiger partial charge in [0.2, 0.25) is 0 Å². The molecule has 4 nitrogen and oxygen atoms in total. The molecule has 0 aliphatic carbocycles. The van der Waals surface area contributed by atoms with Crippen LogP contribution >= 0.6 is 0 Å². The SMILES string of the molecule is C[C@@H](C(=O)OCC(O)CO)c1ccc(-c2ccccc2)c(F)c1. The van der Waals surface area contributed by atoms with Gasteiger partial charge in [-0.2, -0.15) is 0 Å². The van der Waals surface area contributed by atoms with Crippen LogP contribution in [0.1, 0.15) is 18.4 Å². The second-order valence-corrected chi connectivity index (χ2v) is 5.29. The first-order valence-corrected chi connectivity index (χ1v) is 7.33. The maximum Gasteiger partial charge on any atom is 0.313 e. The summed E-state index contributed by atoms with van der Waals surface area (Å²) in [7, 11) is 0. The number of esters is 1. The third-order valence-electron chi connectivity index (χ3n) is 3.56. The number of hydrogen-bond acceptors (Lipinski definition) is 4. The standard InChI is InChI=1S/C18H19FO4/c1-12(18(22)23-11-15(21)10-20)14-7-8-16(17(19)9-14)13-5-3-2-4-6-13/h2-9,12,15,20-21H,10-11H2,1H3/t12-,15?/m1/s1. The second-order valence-electron chi connectivity index (χ2n) is 5.29. The highest BCUT2D eigenvalue weighted by Crippen LogP contribution is 2.26. The Morgan fingerprint density at radius 2 is 1.91 bits per heavy atom. The molecule has 0 aromatic heterocycles. The molecule has 0 bridgehead atoms. The molecule has 2 aromatic rings. The molecule has 0 heterocycles. The zero-order chi connectivity index (χ0) is 16.8. The van der Waals surface area contributed by atoms with Gasteiger partial charge in [0.1, 0.15) is 18.5 Å². The smallest absolute Gasteiger partial charge is 0.313 e. The van der Waals surface area contributed by atoms with Crippen LogP contribution in [-0.4, -0.2) is 35.5 Å². The van der Waals surface area contributed by atoms with Crippen molar-refractivity contribution in [3.8, 4) is 11.1 Å². The van der Waals surface area contributed by atoms with Gasteiger partial charge in [0.25, 0.3) is 0 Å². The van der Waals surface area contributed by atoms with Crippen molar-refractivity contribution in [1.82, 2.24) is 0 Å². The summed E-state index contributed by atoms with van der Waals surface area (Å²) in [5, 5.41) is 17.9. The fourth-order valence-electron chi connectivity index (χ4n) is 2.14. The molecule has 0 saturated carbocycles. The Bertz CT molecular complexity index is 657. The van der Waals surface area contributed by atoms with Crippen LogP contribution in [-0.2, 0) is 9.53 Å².